The summed E-state index contributed by atoms with van der Waals surface area (Å²) < 4.78 is 12.1. The quantitative estimate of drug-likeness (QED) is 0.891. The third-order valence-corrected chi connectivity index (χ3v) is 3.85. The van der Waals surface area contributed by atoms with Gasteiger partial charge in [0.05, 0.1) is 0 Å². The number of ether oxygens (including phenoxy) is 1. The Morgan fingerprint density at radius 3 is 2.60 bits per heavy atom. The molecule has 1 heterocycles. The highest BCUT2D eigenvalue weighted by atomic mass is 79.9. The second-order valence-electron chi connectivity index (χ2n) is 4.63. The number of benzene rings is 1. The van der Waals surface area contributed by atoms with Crippen LogP contribution in [0.1, 0.15) is 40.5 Å². The number of hydrogen-bond donors (Lipinski definition) is 1. The van der Waals surface area contributed by atoms with Crippen LogP contribution in [-0.4, -0.2) is 11.1 Å². The first-order valence-electron chi connectivity index (χ1n) is 6.15. The molecule has 2 rings (SSSR count). The Morgan fingerprint density at radius 1 is 1.30 bits per heavy atom. The van der Waals surface area contributed by atoms with E-state index in [-0.39, 0.29) is 11.9 Å². The van der Waals surface area contributed by atoms with Crippen molar-refractivity contribution in [2.45, 2.75) is 26.9 Å². The van der Waals surface area contributed by atoms with Crippen LogP contribution in [0.25, 0.3) is 0 Å². The van der Waals surface area contributed by atoms with Crippen molar-refractivity contribution in [1.82, 2.24) is 0 Å². The van der Waals surface area contributed by atoms with Crippen molar-refractivity contribution in [2.75, 3.05) is 0 Å². The molecular weight excluding hydrogens is 324 g/mol. The normalized spacial score (nSPS) is 12.2. The molecule has 106 valence electrons. The first-order valence-corrected chi connectivity index (χ1v) is 6.94. The molecule has 4 nitrogen and oxygen atoms in total. The lowest BCUT2D eigenvalue weighted by atomic mass is 10.1. The van der Waals surface area contributed by atoms with E-state index in [0.29, 0.717) is 5.76 Å². The van der Waals surface area contributed by atoms with Crippen LogP contribution in [0, 0.1) is 13.8 Å². The highest BCUT2D eigenvalue weighted by molar-refractivity contribution is 9.10. The van der Waals surface area contributed by atoms with Crippen LogP contribution in [0.3, 0.4) is 0 Å². The van der Waals surface area contributed by atoms with Gasteiger partial charge in [-0.1, -0.05) is 15.9 Å². The van der Waals surface area contributed by atoms with Crippen molar-refractivity contribution in [2.24, 2.45) is 0 Å². The SMILES string of the molecule is Cc1cc(OC(C)c2ccc(C(=O)O)o2)c(C)cc1Br. The number of carbonyl (C=O) groups is 1. The second kappa shape index (κ2) is 5.71. The number of aromatic carboxylic acids is 1. The number of hydrogen-bond acceptors (Lipinski definition) is 3. The zero-order chi connectivity index (χ0) is 14.9. The molecular formula is C15H15BrO4. The molecule has 20 heavy (non-hydrogen) atoms. The molecule has 1 aromatic heterocycles. The van der Waals surface area contributed by atoms with Gasteiger partial charge in [-0.2, -0.15) is 0 Å². The minimum absolute atomic E-state index is 0.0841. The zero-order valence-electron chi connectivity index (χ0n) is 11.4. The van der Waals surface area contributed by atoms with Crippen molar-refractivity contribution in [3.63, 3.8) is 0 Å². The molecule has 2 aromatic rings. The summed E-state index contributed by atoms with van der Waals surface area (Å²) >= 11 is 3.47. The lowest BCUT2D eigenvalue weighted by molar-refractivity contribution is 0.0655. The summed E-state index contributed by atoms with van der Waals surface area (Å²) in [7, 11) is 0. The Hall–Kier alpha value is -1.75. The molecule has 5 heteroatoms. The van der Waals surface area contributed by atoms with Crippen LogP contribution in [0.5, 0.6) is 5.75 Å². The van der Waals surface area contributed by atoms with Gasteiger partial charge in [0.25, 0.3) is 0 Å². The van der Waals surface area contributed by atoms with Crippen LogP contribution in [-0.2, 0) is 0 Å². The smallest absolute Gasteiger partial charge is 0.371 e. The van der Waals surface area contributed by atoms with Crippen molar-refractivity contribution < 1.29 is 19.1 Å². The molecule has 0 saturated heterocycles. The maximum absolute atomic E-state index is 10.8. The van der Waals surface area contributed by atoms with Crippen LogP contribution in [0.2, 0.25) is 0 Å². The summed E-state index contributed by atoms with van der Waals surface area (Å²) in [4.78, 5) is 10.8. The Labute approximate surface area is 125 Å². The number of furan rings is 1. The maximum atomic E-state index is 10.8. The molecule has 0 fully saturated rings. The average molecular weight is 339 g/mol. The molecule has 1 atom stereocenters. The molecule has 0 amide bonds. The van der Waals surface area contributed by atoms with E-state index in [2.05, 4.69) is 15.9 Å². The molecule has 1 N–H and O–H groups in total. The number of rotatable bonds is 4. The zero-order valence-corrected chi connectivity index (χ0v) is 13.0. The van der Waals surface area contributed by atoms with Gasteiger partial charge in [-0.25, -0.2) is 4.79 Å². The first-order chi connectivity index (χ1) is 9.38. The van der Waals surface area contributed by atoms with Gasteiger partial charge in [-0.15, -0.1) is 0 Å². The van der Waals surface area contributed by atoms with Gasteiger partial charge in [0, 0.05) is 4.47 Å². The fourth-order valence-electron chi connectivity index (χ4n) is 1.82. The Kier molecular flexibility index (Phi) is 4.18. The standard InChI is InChI=1S/C15H15BrO4/c1-8-7-14(9(2)6-11(8)16)19-10(3)12-4-5-13(20-12)15(17)18/h4-7,10H,1-3H3,(H,17,18). The summed E-state index contributed by atoms with van der Waals surface area (Å²) in [5.74, 6) is 0.0760. The third kappa shape index (κ3) is 3.04. The lowest BCUT2D eigenvalue weighted by Crippen LogP contribution is -2.03. The fourth-order valence-corrected chi connectivity index (χ4v) is 2.27. The van der Waals surface area contributed by atoms with E-state index in [0.717, 1.165) is 21.3 Å². The van der Waals surface area contributed by atoms with Gasteiger partial charge in [0.15, 0.2) is 6.10 Å². The fraction of sp³-hybridized carbons (Fsp3) is 0.267. The predicted octanol–water partition coefficient (Wildman–Crippen LogP) is 4.50. The van der Waals surface area contributed by atoms with Crippen LogP contribution in [0.15, 0.2) is 33.2 Å². The van der Waals surface area contributed by atoms with E-state index in [1.165, 1.54) is 6.07 Å². The van der Waals surface area contributed by atoms with Crippen molar-refractivity contribution >= 4 is 21.9 Å². The van der Waals surface area contributed by atoms with Crippen molar-refractivity contribution in [3.8, 4) is 5.75 Å². The molecule has 0 bridgehead atoms. The van der Waals surface area contributed by atoms with Crippen LogP contribution in [0.4, 0.5) is 0 Å². The van der Waals surface area contributed by atoms with Gasteiger partial charge in [-0.3, -0.25) is 0 Å². The molecule has 0 radical (unpaired) electrons. The molecule has 1 unspecified atom stereocenters. The van der Waals surface area contributed by atoms with Gasteiger partial charge < -0.3 is 14.3 Å². The summed E-state index contributed by atoms with van der Waals surface area (Å²) in [5.41, 5.74) is 2.07. The highest BCUT2D eigenvalue weighted by Gasteiger charge is 2.16. The molecule has 1 aromatic carbocycles. The Bertz CT molecular complexity index is 645. The third-order valence-electron chi connectivity index (χ3n) is 3.00. The lowest BCUT2D eigenvalue weighted by Gasteiger charge is -2.15. The maximum Gasteiger partial charge on any atom is 0.371 e. The minimum atomic E-state index is -1.08. The van der Waals surface area contributed by atoms with E-state index in [4.69, 9.17) is 14.3 Å². The van der Waals surface area contributed by atoms with Crippen molar-refractivity contribution in [1.29, 1.82) is 0 Å². The van der Waals surface area contributed by atoms with Gasteiger partial charge in [0.1, 0.15) is 11.5 Å². The van der Waals surface area contributed by atoms with Gasteiger partial charge in [-0.05, 0) is 56.2 Å². The second-order valence-corrected chi connectivity index (χ2v) is 5.49. The highest BCUT2D eigenvalue weighted by Crippen LogP contribution is 2.30. The van der Waals surface area contributed by atoms with E-state index < -0.39 is 5.97 Å². The molecule has 0 spiro atoms. The number of halogens is 1. The number of carboxylic acids is 1. The Morgan fingerprint density at radius 2 is 2.00 bits per heavy atom. The minimum Gasteiger partial charge on any atom is -0.482 e. The molecule has 0 aliphatic heterocycles. The summed E-state index contributed by atoms with van der Waals surface area (Å²) in [5, 5.41) is 8.84. The summed E-state index contributed by atoms with van der Waals surface area (Å²) in [6, 6.07) is 6.98. The van der Waals surface area contributed by atoms with E-state index in [9.17, 15) is 4.79 Å². The summed E-state index contributed by atoms with van der Waals surface area (Å²) in [6.45, 7) is 5.76. The molecule has 0 aliphatic rings. The van der Waals surface area contributed by atoms with Gasteiger partial charge >= 0.3 is 5.97 Å². The largest absolute Gasteiger partial charge is 0.482 e. The van der Waals surface area contributed by atoms with Crippen LogP contribution < -0.4 is 4.74 Å². The topological polar surface area (TPSA) is 59.7 Å². The monoisotopic (exact) mass is 338 g/mol. The van der Waals surface area contributed by atoms with Crippen molar-refractivity contribution in [3.05, 3.63) is 51.4 Å². The molecule has 0 saturated carbocycles. The molecule has 0 aliphatic carbocycles. The van der Waals surface area contributed by atoms with Crippen LogP contribution >= 0.6 is 15.9 Å². The Balaban J connectivity index is 2.20. The summed E-state index contributed by atoms with van der Waals surface area (Å²) in [6.07, 6.45) is -0.359. The van der Waals surface area contributed by atoms with E-state index in [1.54, 1.807) is 6.07 Å². The number of aryl methyl sites for hydroxylation is 2. The average Bonchev–Trinajstić information content (AvgIpc) is 2.85. The van der Waals surface area contributed by atoms with E-state index >= 15 is 0 Å². The van der Waals surface area contributed by atoms with E-state index in [1.807, 2.05) is 32.9 Å². The predicted molar refractivity (Wildman–Crippen MR) is 78.3 cm³/mol. The number of carboxylic acid groups (broad SMARTS) is 1. The first kappa shape index (κ1) is 14.7. The van der Waals surface area contributed by atoms with Gasteiger partial charge in [0.2, 0.25) is 5.76 Å².